The summed E-state index contributed by atoms with van der Waals surface area (Å²) < 4.78 is 17.4. The van der Waals surface area contributed by atoms with E-state index in [0.717, 1.165) is 24.6 Å². The summed E-state index contributed by atoms with van der Waals surface area (Å²) in [6, 6.07) is 2.34. The van der Waals surface area contributed by atoms with Gasteiger partial charge in [-0.15, -0.1) is 0 Å². The molecule has 0 saturated carbocycles. The molecule has 0 saturated heterocycles. The number of hydrogen-bond acceptors (Lipinski definition) is 5. The van der Waals surface area contributed by atoms with E-state index >= 15 is 0 Å². The van der Waals surface area contributed by atoms with Crippen molar-refractivity contribution in [2.24, 2.45) is 0 Å². The number of amides is 2. The zero-order chi connectivity index (χ0) is 14.5. The molecule has 0 bridgehead atoms. The number of benzene rings is 1. The van der Waals surface area contributed by atoms with Gasteiger partial charge >= 0.3 is 12.0 Å². The average molecular weight is 280 g/mol. The highest BCUT2D eigenvalue weighted by atomic mass is 19.1. The van der Waals surface area contributed by atoms with Crippen LogP contribution in [-0.2, 0) is 6.54 Å². The van der Waals surface area contributed by atoms with E-state index in [0.29, 0.717) is 0 Å². The summed E-state index contributed by atoms with van der Waals surface area (Å²) in [5, 5.41) is 17.1. The number of carboxylic acids is 1. The van der Waals surface area contributed by atoms with Crippen LogP contribution >= 0.6 is 0 Å². The first-order chi connectivity index (χ1) is 9.56. The number of nitrogens with one attached hydrogen (secondary N) is 2. The molecular formula is C11H9FN4O4. The Hall–Kier alpha value is -2.97. The summed E-state index contributed by atoms with van der Waals surface area (Å²) in [5.41, 5.74) is -0.371. The van der Waals surface area contributed by atoms with Crippen LogP contribution in [0.3, 0.4) is 0 Å². The first-order valence-electron chi connectivity index (χ1n) is 5.39. The van der Waals surface area contributed by atoms with Crippen molar-refractivity contribution < 1.29 is 23.6 Å². The van der Waals surface area contributed by atoms with Gasteiger partial charge in [-0.1, -0.05) is 5.16 Å². The molecule has 3 N–H and O–H groups in total. The number of carboxylic acid groups (broad SMARTS) is 1. The molecule has 0 radical (unpaired) electrons. The standard InChI is InChI=1S/C11H9FN4O4/c12-6-1-2-8(7(3-6)10(17)18)15-11(19)13-4-9-14-5-20-16-9/h1-3,5H,4H2,(H,17,18)(H2,13,15,19). The lowest BCUT2D eigenvalue weighted by molar-refractivity contribution is 0.0697. The highest BCUT2D eigenvalue weighted by Gasteiger charge is 2.13. The normalized spacial score (nSPS) is 10.1. The zero-order valence-electron chi connectivity index (χ0n) is 9.96. The van der Waals surface area contributed by atoms with Crippen LogP contribution in [0.5, 0.6) is 0 Å². The number of rotatable bonds is 4. The molecule has 9 heteroatoms. The van der Waals surface area contributed by atoms with Gasteiger partial charge in [-0.3, -0.25) is 0 Å². The molecule has 1 heterocycles. The van der Waals surface area contributed by atoms with Crippen molar-refractivity contribution in [3.05, 3.63) is 41.8 Å². The third kappa shape index (κ3) is 3.28. The van der Waals surface area contributed by atoms with E-state index < -0.39 is 17.8 Å². The van der Waals surface area contributed by atoms with E-state index in [9.17, 15) is 14.0 Å². The molecular weight excluding hydrogens is 271 g/mol. The maximum atomic E-state index is 13.0. The predicted octanol–water partition coefficient (Wildman–Crippen LogP) is 1.23. The second-order valence-corrected chi connectivity index (χ2v) is 3.65. The van der Waals surface area contributed by atoms with Crippen LogP contribution in [0.15, 0.2) is 29.1 Å². The van der Waals surface area contributed by atoms with Crippen molar-refractivity contribution in [1.82, 2.24) is 15.5 Å². The number of urea groups is 1. The Kier molecular flexibility index (Phi) is 3.89. The molecule has 0 unspecified atom stereocenters. The smallest absolute Gasteiger partial charge is 0.337 e. The monoisotopic (exact) mass is 280 g/mol. The first-order valence-corrected chi connectivity index (χ1v) is 5.39. The Morgan fingerprint density at radius 3 is 2.85 bits per heavy atom. The molecule has 0 atom stereocenters. The number of hydrogen-bond donors (Lipinski definition) is 3. The lowest BCUT2D eigenvalue weighted by Crippen LogP contribution is -2.29. The van der Waals surface area contributed by atoms with Gasteiger partial charge in [0.15, 0.2) is 5.82 Å². The number of aromatic carboxylic acids is 1. The zero-order valence-corrected chi connectivity index (χ0v) is 9.96. The van der Waals surface area contributed by atoms with Gasteiger partial charge in [0.05, 0.1) is 17.8 Å². The van der Waals surface area contributed by atoms with Crippen LogP contribution in [0.25, 0.3) is 0 Å². The largest absolute Gasteiger partial charge is 0.478 e. The van der Waals surface area contributed by atoms with Crippen LogP contribution in [0.2, 0.25) is 0 Å². The molecule has 2 amide bonds. The van der Waals surface area contributed by atoms with E-state index in [1.807, 2.05) is 0 Å². The molecule has 1 aromatic carbocycles. The summed E-state index contributed by atoms with van der Waals surface area (Å²) in [6.45, 7) is 0.00589. The van der Waals surface area contributed by atoms with Crippen LogP contribution in [-0.4, -0.2) is 27.2 Å². The highest BCUT2D eigenvalue weighted by Crippen LogP contribution is 2.16. The number of halogens is 1. The number of nitrogens with zero attached hydrogens (tertiary/aromatic N) is 2. The molecule has 0 spiro atoms. The highest BCUT2D eigenvalue weighted by molar-refractivity contribution is 5.99. The molecule has 0 fully saturated rings. The molecule has 0 aliphatic rings. The van der Waals surface area contributed by atoms with E-state index in [1.165, 1.54) is 0 Å². The van der Waals surface area contributed by atoms with E-state index in [-0.39, 0.29) is 23.6 Å². The van der Waals surface area contributed by atoms with Gasteiger partial charge in [0, 0.05) is 0 Å². The van der Waals surface area contributed by atoms with Crippen LogP contribution in [0.4, 0.5) is 14.9 Å². The summed E-state index contributed by atoms with van der Waals surface area (Å²) in [7, 11) is 0. The molecule has 2 aromatic rings. The lowest BCUT2D eigenvalue weighted by Gasteiger charge is -2.08. The Morgan fingerprint density at radius 2 is 2.20 bits per heavy atom. The van der Waals surface area contributed by atoms with E-state index in [1.54, 1.807) is 0 Å². The fourth-order valence-electron chi connectivity index (χ4n) is 1.40. The van der Waals surface area contributed by atoms with Crippen molar-refractivity contribution in [1.29, 1.82) is 0 Å². The summed E-state index contributed by atoms with van der Waals surface area (Å²) >= 11 is 0. The molecule has 8 nitrogen and oxygen atoms in total. The van der Waals surface area contributed by atoms with Crippen molar-refractivity contribution in [2.45, 2.75) is 6.54 Å². The van der Waals surface area contributed by atoms with Crippen molar-refractivity contribution in [3.63, 3.8) is 0 Å². The van der Waals surface area contributed by atoms with Gasteiger partial charge in [-0.05, 0) is 18.2 Å². The SMILES string of the molecule is O=C(NCc1ncon1)Nc1ccc(F)cc1C(=O)O. The molecule has 0 aliphatic carbocycles. The van der Waals surface area contributed by atoms with Gasteiger partial charge in [-0.2, -0.15) is 4.98 Å². The van der Waals surface area contributed by atoms with Crippen LogP contribution in [0, 0.1) is 5.82 Å². The van der Waals surface area contributed by atoms with Gasteiger partial charge < -0.3 is 20.3 Å². The molecule has 0 aliphatic heterocycles. The van der Waals surface area contributed by atoms with Crippen molar-refractivity contribution >= 4 is 17.7 Å². The fraction of sp³-hybridized carbons (Fsp3) is 0.0909. The van der Waals surface area contributed by atoms with Gasteiger partial charge in [0.1, 0.15) is 5.82 Å². The molecule has 1 aromatic heterocycles. The van der Waals surface area contributed by atoms with Gasteiger partial charge in [-0.25, -0.2) is 14.0 Å². The number of anilines is 1. The first kappa shape index (κ1) is 13.5. The van der Waals surface area contributed by atoms with Gasteiger partial charge in [0.2, 0.25) is 6.39 Å². The molecule has 104 valence electrons. The Balaban J connectivity index is 2.02. The Labute approximate surface area is 111 Å². The molecule has 20 heavy (non-hydrogen) atoms. The number of aromatic nitrogens is 2. The number of carbonyl (C=O) groups is 2. The summed E-state index contributed by atoms with van der Waals surface area (Å²) in [6.07, 6.45) is 1.11. The van der Waals surface area contributed by atoms with Crippen molar-refractivity contribution in [3.8, 4) is 0 Å². The second-order valence-electron chi connectivity index (χ2n) is 3.65. The van der Waals surface area contributed by atoms with Crippen LogP contribution < -0.4 is 10.6 Å². The molecule has 2 rings (SSSR count). The second kappa shape index (κ2) is 5.78. The quantitative estimate of drug-likeness (QED) is 0.775. The predicted molar refractivity (Wildman–Crippen MR) is 63.5 cm³/mol. The van der Waals surface area contributed by atoms with E-state index in [2.05, 4.69) is 25.3 Å². The minimum Gasteiger partial charge on any atom is -0.478 e. The van der Waals surface area contributed by atoms with Gasteiger partial charge in [0.25, 0.3) is 0 Å². The Morgan fingerprint density at radius 1 is 1.40 bits per heavy atom. The third-order valence-corrected chi connectivity index (χ3v) is 2.27. The maximum Gasteiger partial charge on any atom is 0.337 e. The summed E-state index contributed by atoms with van der Waals surface area (Å²) in [5.74, 6) is -1.80. The fourth-order valence-corrected chi connectivity index (χ4v) is 1.40. The van der Waals surface area contributed by atoms with Crippen molar-refractivity contribution in [2.75, 3.05) is 5.32 Å². The third-order valence-electron chi connectivity index (χ3n) is 2.27. The average Bonchev–Trinajstić information content (AvgIpc) is 2.91. The maximum absolute atomic E-state index is 13.0. The van der Waals surface area contributed by atoms with Crippen LogP contribution in [0.1, 0.15) is 16.2 Å². The minimum absolute atomic E-state index is 0.00589. The minimum atomic E-state index is -1.35. The topological polar surface area (TPSA) is 117 Å². The lowest BCUT2D eigenvalue weighted by atomic mass is 10.2. The van der Waals surface area contributed by atoms with E-state index in [4.69, 9.17) is 5.11 Å². The Bertz CT molecular complexity index is 629. The summed E-state index contributed by atoms with van der Waals surface area (Å²) in [4.78, 5) is 26.2. The number of carbonyl (C=O) groups excluding carboxylic acids is 1.